The molecule has 0 aliphatic carbocycles. The van der Waals surface area contributed by atoms with Gasteiger partial charge in [0.2, 0.25) is 5.43 Å². The predicted molar refractivity (Wildman–Crippen MR) is 85.3 cm³/mol. The van der Waals surface area contributed by atoms with Crippen molar-refractivity contribution in [3.05, 3.63) is 40.2 Å². The molecule has 1 heterocycles. The molecule has 1 aromatic carbocycles. The Labute approximate surface area is 123 Å². The second kappa shape index (κ2) is 6.43. The number of fused-ring (bicyclic) bond motifs is 1. The topological polar surface area (TPSA) is 91.1 Å². The maximum atomic E-state index is 12.3. The number of hydrogen-bond acceptors (Lipinski definition) is 3. The lowest BCUT2D eigenvalue weighted by atomic mass is 10.1. The summed E-state index contributed by atoms with van der Waals surface area (Å²) in [6, 6.07) is 5.32. The van der Waals surface area contributed by atoms with Crippen LogP contribution in [0.5, 0.6) is 0 Å². The van der Waals surface area contributed by atoms with E-state index in [4.69, 9.17) is 11.5 Å². The summed E-state index contributed by atoms with van der Waals surface area (Å²) in [5, 5.41) is 0.379. The number of primary amides is 1. The molecule has 0 fully saturated rings. The van der Waals surface area contributed by atoms with Crippen LogP contribution in [0.15, 0.2) is 29.2 Å². The van der Waals surface area contributed by atoms with Crippen LogP contribution in [-0.2, 0) is 6.54 Å². The molecule has 21 heavy (non-hydrogen) atoms. The Morgan fingerprint density at radius 2 is 2.00 bits per heavy atom. The van der Waals surface area contributed by atoms with Crippen molar-refractivity contribution in [3.8, 4) is 0 Å². The number of carbonyl (C=O) groups is 1. The van der Waals surface area contributed by atoms with Gasteiger partial charge in [-0.1, -0.05) is 32.3 Å². The molecule has 1 amide bonds. The summed E-state index contributed by atoms with van der Waals surface area (Å²) in [4.78, 5) is 23.8. The van der Waals surface area contributed by atoms with Crippen LogP contribution < -0.4 is 16.9 Å². The van der Waals surface area contributed by atoms with Crippen LogP contribution in [-0.4, -0.2) is 10.5 Å². The lowest BCUT2D eigenvalue weighted by Gasteiger charge is -2.13. The standard InChI is InChI=1S/C16H21N3O2/c1-2-3-4-5-9-19-10-11(16(18)21)15(20)14-12(17)7-6-8-13(14)19/h6-8,10H,2-5,9,17H2,1H3,(H2,18,21). The van der Waals surface area contributed by atoms with Crippen LogP contribution >= 0.6 is 0 Å². The highest BCUT2D eigenvalue weighted by Crippen LogP contribution is 2.19. The van der Waals surface area contributed by atoms with Crippen molar-refractivity contribution in [2.45, 2.75) is 39.2 Å². The molecule has 0 bridgehead atoms. The van der Waals surface area contributed by atoms with Crippen molar-refractivity contribution >= 4 is 22.5 Å². The Balaban J connectivity index is 2.53. The number of anilines is 1. The van der Waals surface area contributed by atoms with E-state index in [0.29, 0.717) is 11.1 Å². The largest absolute Gasteiger partial charge is 0.398 e. The number of hydrogen-bond donors (Lipinski definition) is 2. The highest BCUT2D eigenvalue weighted by molar-refractivity contribution is 5.99. The van der Waals surface area contributed by atoms with Crippen molar-refractivity contribution < 1.29 is 4.79 Å². The maximum absolute atomic E-state index is 12.3. The highest BCUT2D eigenvalue weighted by Gasteiger charge is 2.14. The first-order chi connectivity index (χ1) is 10.1. The van der Waals surface area contributed by atoms with Gasteiger partial charge in [0.25, 0.3) is 5.91 Å². The Morgan fingerprint density at radius 3 is 2.67 bits per heavy atom. The van der Waals surface area contributed by atoms with Gasteiger partial charge in [-0.05, 0) is 18.6 Å². The smallest absolute Gasteiger partial charge is 0.254 e. The molecule has 112 valence electrons. The van der Waals surface area contributed by atoms with Gasteiger partial charge >= 0.3 is 0 Å². The van der Waals surface area contributed by atoms with E-state index in [2.05, 4.69) is 6.92 Å². The monoisotopic (exact) mass is 287 g/mol. The van der Waals surface area contributed by atoms with E-state index in [1.54, 1.807) is 12.3 Å². The van der Waals surface area contributed by atoms with Gasteiger partial charge in [-0.15, -0.1) is 0 Å². The summed E-state index contributed by atoms with van der Waals surface area (Å²) in [7, 11) is 0. The molecule has 1 aromatic heterocycles. The molecule has 2 rings (SSSR count). The lowest BCUT2D eigenvalue weighted by molar-refractivity contribution is 0.0998. The van der Waals surface area contributed by atoms with Crippen LogP contribution in [0.4, 0.5) is 5.69 Å². The van der Waals surface area contributed by atoms with Gasteiger partial charge in [0, 0.05) is 18.4 Å². The molecule has 0 unspecified atom stereocenters. The molecule has 2 aromatic rings. The van der Waals surface area contributed by atoms with Gasteiger partial charge in [-0.3, -0.25) is 9.59 Å². The molecular formula is C16H21N3O2. The van der Waals surface area contributed by atoms with Gasteiger partial charge < -0.3 is 16.0 Å². The minimum Gasteiger partial charge on any atom is -0.398 e. The SMILES string of the molecule is CCCCCCn1cc(C(N)=O)c(=O)c2c(N)cccc21. The van der Waals surface area contributed by atoms with E-state index in [1.807, 2.05) is 16.7 Å². The molecule has 0 saturated heterocycles. The number of nitrogens with two attached hydrogens (primary N) is 2. The van der Waals surface area contributed by atoms with Crippen molar-refractivity contribution in [2.24, 2.45) is 5.73 Å². The number of unbranched alkanes of at least 4 members (excludes halogenated alkanes) is 3. The normalized spacial score (nSPS) is 10.9. The van der Waals surface area contributed by atoms with E-state index < -0.39 is 5.91 Å². The zero-order valence-electron chi connectivity index (χ0n) is 12.3. The average molecular weight is 287 g/mol. The highest BCUT2D eigenvalue weighted by atomic mass is 16.2. The molecule has 0 aliphatic heterocycles. The summed E-state index contributed by atoms with van der Waals surface area (Å²) in [6.45, 7) is 2.89. The fourth-order valence-corrected chi connectivity index (χ4v) is 2.53. The number of nitrogen functional groups attached to an aromatic ring is 1. The third-order valence-corrected chi connectivity index (χ3v) is 3.66. The molecule has 4 N–H and O–H groups in total. The molecule has 0 spiro atoms. The average Bonchev–Trinajstić information content (AvgIpc) is 2.45. The van der Waals surface area contributed by atoms with Crippen LogP contribution in [0.2, 0.25) is 0 Å². The number of carbonyl (C=O) groups excluding carboxylic acids is 1. The Kier molecular flexibility index (Phi) is 4.62. The Bertz CT molecular complexity index is 719. The summed E-state index contributed by atoms with van der Waals surface area (Å²) in [5.74, 6) is -0.715. The molecule has 5 heteroatoms. The van der Waals surface area contributed by atoms with Crippen LogP contribution in [0.3, 0.4) is 0 Å². The van der Waals surface area contributed by atoms with Gasteiger partial charge in [-0.2, -0.15) is 0 Å². The van der Waals surface area contributed by atoms with E-state index in [-0.39, 0.29) is 11.0 Å². The molecule has 0 atom stereocenters. The number of aryl methyl sites for hydroxylation is 1. The van der Waals surface area contributed by atoms with Crippen molar-refractivity contribution in [1.82, 2.24) is 4.57 Å². The van der Waals surface area contributed by atoms with E-state index >= 15 is 0 Å². The first-order valence-corrected chi connectivity index (χ1v) is 7.27. The number of nitrogens with zero attached hydrogens (tertiary/aromatic N) is 1. The fourth-order valence-electron chi connectivity index (χ4n) is 2.53. The fraction of sp³-hybridized carbons (Fsp3) is 0.375. The quantitative estimate of drug-likeness (QED) is 0.630. The first kappa shape index (κ1) is 15.1. The number of benzene rings is 1. The molecule has 0 aliphatic rings. The van der Waals surface area contributed by atoms with Crippen LogP contribution in [0, 0.1) is 0 Å². The van der Waals surface area contributed by atoms with Crippen LogP contribution in [0.25, 0.3) is 10.9 Å². The minimum atomic E-state index is -0.715. The summed E-state index contributed by atoms with van der Waals surface area (Å²) in [6.07, 6.45) is 5.98. The summed E-state index contributed by atoms with van der Waals surface area (Å²) >= 11 is 0. The van der Waals surface area contributed by atoms with Gasteiger partial charge in [0.05, 0.1) is 10.9 Å². The van der Waals surface area contributed by atoms with E-state index in [9.17, 15) is 9.59 Å². The molecule has 5 nitrogen and oxygen atoms in total. The molecule has 0 radical (unpaired) electrons. The number of pyridine rings is 1. The number of amides is 1. The van der Waals surface area contributed by atoms with Gasteiger partial charge in [-0.25, -0.2) is 0 Å². The van der Waals surface area contributed by atoms with E-state index in [0.717, 1.165) is 31.3 Å². The van der Waals surface area contributed by atoms with Gasteiger partial charge in [0.1, 0.15) is 5.56 Å². The van der Waals surface area contributed by atoms with Gasteiger partial charge in [0.15, 0.2) is 0 Å². The summed E-state index contributed by atoms with van der Waals surface area (Å²) in [5.41, 5.74) is 12.0. The van der Waals surface area contributed by atoms with Crippen molar-refractivity contribution in [1.29, 1.82) is 0 Å². The lowest BCUT2D eigenvalue weighted by Crippen LogP contribution is -2.24. The third kappa shape index (κ3) is 3.07. The maximum Gasteiger partial charge on any atom is 0.254 e. The molecular weight excluding hydrogens is 266 g/mol. The van der Waals surface area contributed by atoms with Crippen molar-refractivity contribution in [3.63, 3.8) is 0 Å². The zero-order chi connectivity index (χ0) is 15.4. The van der Waals surface area contributed by atoms with Crippen molar-refractivity contribution in [2.75, 3.05) is 5.73 Å². The minimum absolute atomic E-state index is 0.00380. The van der Waals surface area contributed by atoms with Crippen LogP contribution in [0.1, 0.15) is 43.0 Å². The summed E-state index contributed by atoms with van der Waals surface area (Å²) < 4.78 is 1.91. The second-order valence-corrected chi connectivity index (χ2v) is 5.23. The number of rotatable bonds is 6. The number of aromatic nitrogens is 1. The Morgan fingerprint density at radius 1 is 1.24 bits per heavy atom. The predicted octanol–water partition coefficient (Wildman–Crippen LogP) is 2.26. The Hall–Kier alpha value is -2.30. The third-order valence-electron chi connectivity index (χ3n) is 3.66. The molecule has 0 saturated carbocycles. The second-order valence-electron chi connectivity index (χ2n) is 5.23. The zero-order valence-corrected chi connectivity index (χ0v) is 12.3. The van der Waals surface area contributed by atoms with E-state index in [1.165, 1.54) is 6.42 Å². The first-order valence-electron chi connectivity index (χ1n) is 7.27.